The number of amides is 1. The van der Waals surface area contributed by atoms with Gasteiger partial charge in [0.2, 0.25) is 5.91 Å². The number of nitrogens with zero attached hydrogens (tertiary/aromatic N) is 1. The van der Waals surface area contributed by atoms with E-state index in [-0.39, 0.29) is 11.9 Å². The molecule has 1 amide bonds. The molecule has 1 N–H and O–H groups in total. The molecule has 1 saturated heterocycles. The van der Waals surface area contributed by atoms with Gasteiger partial charge in [0, 0.05) is 6.54 Å². The average molecular weight is 247 g/mol. The third-order valence-electron chi connectivity index (χ3n) is 3.81. The van der Waals surface area contributed by atoms with Gasteiger partial charge in [-0.25, -0.2) is 0 Å². The third-order valence-corrected chi connectivity index (χ3v) is 3.81. The summed E-state index contributed by atoms with van der Waals surface area (Å²) in [6, 6.07) is 9.58. The minimum atomic E-state index is -1.26. The second-order valence-electron chi connectivity index (χ2n) is 4.97. The summed E-state index contributed by atoms with van der Waals surface area (Å²) in [7, 11) is 0. The highest BCUT2D eigenvalue weighted by Crippen LogP contribution is 2.36. The number of likely N-dealkylation sites (tertiary alicyclic amines) is 1. The Morgan fingerprint density at radius 3 is 2.50 bits per heavy atom. The van der Waals surface area contributed by atoms with Gasteiger partial charge >= 0.3 is 5.97 Å². The Morgan fingerprint density at radius 1 is 1.39 bits per heavy atom. The van der Waals surface area contributed by atoms with Gasteiger partial charge in [0.25, 0.3) is 0 Å². The fourth-order valence-electron chi connectivity index (χ4n) is 2.35. The molecular weight excluding hydrogens is 230 g/mol. The van der Waals surface area contributed by atoms with E-state index in [2.05, 4.69) is 0 Å². The lowest BCUT2D eigenvalue weighted by atomic mass is 9.89. The van der Waals surface area contributed by atoms with Crippen LogP contribution >= 0.6 is 0 Å². The fraction of sp³-hybridized carbons (Fsp3) is 0.429. The number of carboxylic acid groups (broad SMARTS) is 1. The van der Waals surface area contributed by atoms with Crippen LogP contribution in [0.3, 0.4) is 0 Å². The Morgan fingerprint density at radius 2 is 2.00 bits per heavy atom. The molecule has 1 fully saturated rings. The van der Waals surface area contributed by atoms with Gasteiger partial charge in [-0.2, -0.15) is 0 Å². The first-order valence-electron chi connectivity index (χ1n) is 6.06. The fourth-order valence-corrected chi connectivity index (χ4v) is 2.35. The SMILES string of the molecule is C[C@H](c1ccccc1)N1CCC(C)(C(=O)O)C1=O. The van der Waals surface area contributed by atoms with Crippen molar-refractivity contribution in [1.82, 2.24) is 4.90 Å². The van der Waals surface area contributed by atoms with Crippen molar-refractivity contribution >= 4 is 11.9 Å². The van der Waals surface area contributed by atoms with Gasteiger partial charge in [-0.3, -0.25) is 9.59 Å². The number of benzene rings is 1. The number of carboxylic acids is 1. The topological polar surface area (TPSA) is 57.6 Å². The zero-order valence-electron chi connectivity index (χ0n) is 10.6. The molecule has 96 valence electrons. The summed E-state index contributed by atoms with van der Waals surface area (Å²) in [4.78, 5) is 25.1. The molecule has 0 aromatic heterocycles. The molecule has 1 aliphatic rings. The molecule has 2 rings (SSSR count). The van der Waals surface area contributed by atoms with Gasteiger partial charge in [-0.05, 0) is 25.8 Å². The predicted molar refractivity (Wildman–Crippen MR) is 66.9 cm³/mol. The van der Waals surface area contributed by atoms with E-state index in [0.29, 0.717) is 13.0 Å². The third kappa shape index (κ3) is 1.88. The first-order valence-corrected chi connectivity index (χ1v) is 6.06. The second kappa shape index (κ2) is 4.44. The van der Waals surface area contributed by atoms with E-state index in [1.165, 1.54) is 6.92 Å². The molecule has 0 aliphatic carbocycles. The van der Waals surface area contributed by atoms with Gasteiger partial charge in [-0.15, -0.1) is 0 Å². The molecule has 0 spiro atoms. The summed E-state index contributed by atoms with van der Waals surface area (Å²) in [5.41, 5.74) is -0.233. The number of carbonyl (C=O) groups is 2. The van der Waals surface area contributed by atoms with Crippen molar-refractivity contribution in [1.29, 1.82) is 0 Å². The number of aliphatic carboxylic acids is 1. The van der Waals surface area contributed by atoms with Crippen LogP contribution < -0.4 is 0 Å². The average Bonchev–Trinajstić information content (AvgIpc) is 2.68. The molecule has 1 aromatic rings. The number of rotatable bonds is 3. The molecule has 2 atom stereocenters. The quantitative estimate of drug-likeness (QED) is 0.832. The van der Waals surface area contributed by atoms with Crippen molar-refractivity contribution < 1.29 is 14.7 Å². The maximum absolute atomic E-state index is 12.2. The monoisotopic (exact) mass is 247 g/mol. The molecule has 1 aliphatic heterocycles. The van der Waals surface area contributed by atoms with Crippen LogP contribution in [0, 0.1) is 5.41 Å². The highest BCUT2D eigenvalue weighted by molar-refractivity contribution is 6.03. The highest BCUT2D eigenvalue weighted by Gasteiger charge is 2.50. The maximum atomic E-state index is 12.2. The summed E-state index contributed by atoms with van der Waals surface area (Å²) in [6.45, 7) is 3.94. The van der Waals surface area contributed by atoms with Crippen molar-refractivity contribution in [2.75, 3.05) is 6.54 Å². The zero-order valence-corrected chi connectivity index (χ0v) is 10.6. The Bertz CT molecular complexity index is 471. The molecule has 1 heterocycles. The normalized spacial score (nSPS) is 25.2. The smallest absolute Gasteiger partial charge is 0.318 e. The lowest BCUT2D eigenvalue weighted by Gasteiger charge is -2.26. The van der Waals surface area contributed by atoms with Gasteiger partial charge in [0.15, 0.2) is 0 Å². The Balaban J connectivity index is 2.22. The molecule has 0 bridgehead atoms. The van der Waals surface area contributed by atoms with Crippen LogP contribution in [0.15, 0.2) is 30.3 Å². The maximum Gasteiger partial charge on any atom is 0.318 e. The molecule has 1 unspecified atom stereocenters. The van der Waals surface area contributed by atoms with Crippen molar-refractivity contribution in [2.45, 2.75) is 26.3 Å². The number of carbonyl (C=O) groups excluding carboxylic acids is 1. The molecule has 0 radical (unpaired) electrons. The van der Waals surface area contributed by atoms with E-state index in [4.69, 9.17) is 5.11 Å². The molecular formula is C14H17NO3. The number of hydrogen-bond donors (Lipinski definition) is 1. The second-order valence-corrected chi connectivity index (χ2v) is 4.97. The first kappa shape index (κ1) is 12.6. The van der Waals surface area contributed by atoms with E-state index in [1.807, 2.05) is 37.3 Å². The zero-order chi connectivity index (χ0) is 13.3. The van der Waals surface area contributed by atoms with E-state index in [0.717, 1.165) is 5.56 Å². The molecule has 4 nitrogen and oxygen atoms in total. The van der Waals surface area contributed by atoms with Crippen LogP contribution in [0.5, 0.6) is 0 Å². The highest BCUT2D eigenvalue weighted by atomic mass is 16.4. The van der Waals surface area contributed by atoms with Crippen LogP contribution in [-0.2, 0) is 9.59 Å². The van der Waals surface area contributed by atoms with Crippen LogP contribution in [-0.4, -0.2) is 28.4 Å². The summed E-state index contributed by atoms with van der Waals surface area (Å²) in [5, 5.41) is 9.17. The summed E-state index contributed by atoms with van der Waals surface area (Å²) < 4.78 is 0. The van der Waals surface area contributed by atoms with Crippen LogP contribution in [0.4, 0.5) is 0 Å². The number of hydrogen-bond acceptors (Lipinski definition) is 2. The van der Waals surface area contributed by atoms with Gasteiger partial charge in [0.05, 0.1) is 6.04 Å². The summed E-state index contributed by atoms with van der Waals surface area (Å²) in [6.07, 6.45) is 0.373. The van der Waals surface area contributed by atoms with Gasteiger partial charge in [0.1, 0.15) is 5.41 Å². The Kier molecular flexibility index (Phi) is 3.11. The lowest BCUT2D eigenvalue weighted by molar-refractivity contribution is -0.155. The standard InChI is InChI=1S/C14H17NO3/c1-10(11-6-4-3-5-7-11)15-9-8-14(2,12(15)16)13(17)18/h3-7,10H,8-9H2,1-2H3,(H,17,18)/t10-,14?/m1/s1. The van der Waals surface area contributed by atoms with Crippen LogP contribution in [0.2, 0.25) is 0 Å². The summed E-state index contributed by atoms with van der Waals surface area (Å²) in [5.74, 6) is -1.32. The van der Waals surface area contributed by atoms with Crippen molar-refractivity contribution in [3.8, 4) is 0 Å². The van der Waals surface area contributed by atoms with Gasteiger partial charge in [-0.1, -0.05) is 30.3 Å². The molecule has 18 heavy (non-hydrogen) atoms. The van der Waals surface area contributed by atoms with Gasteiger partial charge < -0.3 is 10.0 Å². The molecule has 1 aromatic carbocycles. The molecule has 4 heteroatoms. The Labute approximate surface area is 106 Å². The summed E-state index contributed by atoms with van der Waals surface area (Å²) >= 11 is 0. The van der Waals surface area contributed by atoms with E-state index in [9.17, 15) is 9.59 Å². The van der Waals surface area contributed by atoms with Crippen LogP contribution in [0.1, 0.15) is 31.9 Å². The Hall–Kier alpha value is -1.84. The minimum absolute atomic E-state index is 0.0834. The van der Waals surface area contributed by atoms with E-state index < -0.39 is 11.4 Å². The largest absolute Gasteiger partial charge is 0.480 e. The van der Waals surface area contributed by atoms with Crippen molar-refractivity contribution in [3.63, 3.8) is 0 Å². The minimum Gasteiger partial charge on any atom is -0.480 e. The molecule has 0 saturated carbocycles. The van der Waals surface area contributed by atoms with Crippen LogP contribution in [0.25, 0.3) is 0 Å². The van der Waals surface area contributed by atoms with E-state index >= 15 is 0 Å². The van der Waals surface area contributed by atoms with E-state index in [1.54, 1.807) is 4.90 Å². The van der Waals surface area contributed by atoms with Crippen molar-refractivity contribution in [2.24, 2.45) is 5.41 Å². The lowest BCUT2D eigenvalue weighted by Crippen LogP contribution is -2.39. The first-order chi connectivity index (χ1) is 8.47. The predicted octanol–water partition coefficient (Wildman–Crippen LogP) is 2.07. The van der Waals surface area contributed by atoms with Crippen molar-refractivity contribution in [3.05, 3.63) is 35.9 Å².